The number of halogens is 1. The van der Waals surface area contributed by atoms with Crippen LogP contribution in [0.4, 0.5) is 0 Å². The maximum atomic E-state index is 6.04. The average molecular weight is 279 g/mol. The van der Waals surface area contributed by atoms with Crippen LogP contribution < -0.4 is 5.73 Å². The molecule has 4 nitrogen and oxygen atoms in total. The van der Waals surface area contributed by atoms with E-state index >= 15 is 0 Å². The van der Waals surface area contributed by atoms with Gasteiger partial charge >= 0.3 is 0 Å². The van der Waals surface area contributed by atoms with Gasteiger partial charge in [0.15, 0.2) is 4.60 Å². The van der Waals surface area contributed by atoms with Crippen molar-refractivity contribution in [1.29, 1.82) is 0 Å². The van der Waals surface area contributed by atoms with E-state index < -0.39 is 0 Å². The molecule has 80 valence electrons. The minimum atomic E-state index is -0.0169. The second-order valence-corrected chi connectivity index (χ2v) is 5.74. The van der Waals surface area contributed by atoms with Crippen molar-refractivity contribution in [1.82, 2.24) is 15.0 Å². The fraction of sp³-hybridized carbons (Fsp3) is 0.750. The fourth-order valence-electron chi connectivity index (χ4n) is 1.11. The van der Waals surface area contributed by atoms with E-state index in [9.17, 15) is 0 Å². The third-order valence-electron chi connectivity index (χ3n) is 1.79. The van der Waals surface area contributed by atoms with Gasteiger partial charge in [0.05, 0.1) is 11.7 Å². The maximum Gasteiger partial charge on any atom is 0.153 e. The molecule has 0 aromatic carbocycles. The van der Waals surface area contributed by atoms with Crippen molar-refractivity contribution in [2.45, 2.75) is 25.1 Å². The Morgan fingerprint density at radius 2 is 2.21 bits per heavy atom. The van der Waals surface area contributed by atoms with Crippen LogP contribution in [0.25, 0.3) is 0 Å². The minimum Gasteiger partial charge on any atom is -0.322 e. The summed E-state index contributed by atoms with van der Waals surface area (Å²) in [5, 5.41) is 8.40. The van der Waals surface area contributed by atoms with Gasteiger partial charge in [0.2, 0.25) is 0 Å². The summed E-state index contributed by atoms with van der Waals surface area (Å²) in [6.07, 6.45) is 0. The number of rotatable bonds is 4. The lowest BCUT2D eigenvalue weighted by Crippen LogP contribution is -2.18. The first-order valence-corrected chi connectivity index (χ1v) is 6.28. The molecule has 0 radical (unpaired) electrons. The normalized spacial score (nSPS) is 13.6. The molecule has 0 aliphatic carbocycles. The Morgan fingerprint density at radius 3 is 2.64 bits per heavy atom. The van der Waals surface area contributed by atoms with E-state index in [1.165, 1.54) is 0 Å². The standard InChI is InChI=1S/C8H15BrN4S/c1-5(2)14-4-6(10)7-8(9)11-12-13(7)3/h5-6H,4,10H2,1-3H3. The number of nitrogens with zero attached hydrogens (tertiary/aromatic N) is 3. The molecule has 2 N–H and O–H groups in total. The van der Waals surface area contributed by atoms with Gasteiger partial charge in [0.1, 0.15) is 0 Å². The minimum absolute atomic E-state index is 0.0169. The SMILES string of the molecule is CC(C)SCC(N)c1c(Br)nnn1C. The van der Waals surface area contributed by atoms with Crippen molar-refractivity contribution in [2.24, 2.45) is 12.8 Å². The lowest BCUT2D eigenvalue weighted by atomic mass is 10.3. The summed E-state index contributed by atoms with van der Waals surface area (Å²) >= 11 is 5.18. The van der Waals surface area contributed by atoms with Crippen LogP contribution in [0.1, 0.15) is 25.6 Å². The van der Waals surface area contributed by atoms with E-state index in [4.69, 9.17) is 5.73 Å². The van der Waals surface area contributed by atoms with Crippen LogP contribution in [-0.2, 0) is 7.05 Å². The number of aromatic nitrogens is 3. The van der Waals surface area contributed by atoms with Crippen LogP contribution in [0.3, 0.4) is 0 Å². The molecule has 0 spiro atoms. The Labute approximate surface area is 96.7 Å². The van der Waals surface area contributed by atoms with Crippen molar-refractivity contribution in [3.05, 3.63) is 10.3 Å². The van der Waals surface area contributed by atoms with Crippen molar-refractivity contribution in [2.75, 3.05) is 5.75 Å². The molecule has 0 amide bonds. The van der Waals surface area contributed by atoms with E-state index in [0.717, 1.165) is 16.0 Å². The van der Waals surface area contributed by atoms with Crippen LogP contribution >= 0.6 is 27.7 Å². The highest BCUT2D eigenvalue weighted by Gasteiger charge is 2.16. The van der Waals surface area contributed by atoms with Crippen LogP contribution in [0.2, 0.25) is 0 Å². The summed E-state index contributed by atoms with van der Waals surface area (Å²) in [5.74, 6) is 0.886. The summed E-state index contributed by atoms with van der Waals surface area (Å²) in [6, 6.07) is -0.0169. The van der Waals surface area contributed by atoms with Crippen molar-refractivity contribution < 1.29 is 0 Å². The van der Waals surface area contributed by atoms with Crippen molar-refractivity contribution in [3.63, 3.8) is 0 Å². The van der Waals surface area contributed by atoms with Gasteiger partial charge in [-0.2, -0.15) is 11.8 Å². The molecule has 14 heavy (non-hydrogen) atoms. The van der Waals surface area contributed by atoms with Gasteiger partial charge in [0, 0.05) is 12.8 Å². The predicted octanol–water partition coefficient (Wildman–Crippen LogP) is 1.72. The summed E-state index contributed by atoms with van der Waals surface area (Å²) in [5.41, 5.74) is 6.99. The van der Waals surface area contributed by atoms with Gasteiger partial charge in [0.25, 0.3) is 0 Å². The van der Waals surface area contributed by atoms with E-state index in [0.29, 0.717) is 5.25 Å². The predicted molar refractivity (Wildman–Crippen MR) is 63.2 cm³/mol. The second kappa shape index (κ2) is 5.14. The summed E-state index contributed by atoms with van der Waals surface area (Å²) < 4.78 is 2.46. The molecule has 0 saturated carbocycles. The Kier molecular flexibility index (Phi) is 4.40. The van der Waals surface area contributed by atoms with Crippen LogP contribution in [0.15, 0.2) is 4.60 Å². The molecule has 1 aromatic heterocycles. The third-order valence-corrected chi connectivity index (χ3v) is 3.57. The Bertz CT molecular complexity index is 280. The van der Waals surface area contributed by atoms with Gasteiger partial charge in [-0.15, -0.1) is 5.10 Å². The zero-order valence-corrected chi connectivity index (χ0v) is 11.0. The molecular formula is C8H15BrN4S. The zero-order valence-electron chi connectivity index (χ0n) is 8.57. The van der Waals surface area contributed by atoms with Crippen LogP contribution in [0, 0.1) is 0 Å². The molecule has 0 fully saturated rings. The number of aryl methyl sites for hydroxylation is 1. The number of thioether (sulfide) groups is 1. The van der Waals surface area contributed by atoms with Crippen molar-refractivity contribution >= 4 is 27.7 Å². The largest absolute Gasteiger partial charge is 0.322 e. The molecular weight excluding hydrogens is 264 g/mol. The molecule has 1 heterocycles. The van der Waals surface area contributed by atoms with E-state index in [2.05, 4.69) is 40.1 Å². The van der Waals surface area contributed by atoms with Crippen molar-refractivity contribution in [3.8, 4) is 0 Å². The maximum absolute atomic E-state index is 6.04. The Morgan fingerprint density at radius 1 is 1.57 bits per heavy atom. The first-order valence-electron chi connectivity index (χ1n) is 4.44. The van der Waals surface area contributed by atoms with Crippen LogP contribution in [0.5, 0.6) is 0 Å². The molecule has 0 saturated heterocycles. The van der Waals surface area contributed by atoms with E-state index in [1.54, 1.807) is 4.68 Å². The first kappa shape index (κ1) is 12.0. The van der Waals surface area contributed by atoms with E-state index in [-0.39, 0.29) is 6.04 Å². The molecule has 1 atom stereocenters. The highest BCUT2D eigenvalue weighted by molar-refractivity contribution is 9.10. The molecule has 1 rings (SSSR count). The molecule has 0 bridgehead atoms. The Balaban J connectivity index is 2.64. The summed E-state index contributed by atoms with van der Waals surface area (Å²) in [7, 11) is 1.85. The van der Waals surface area contributed by atoms with Crippen LogP contribution in [-0.4, -0.2) is 26.0 Å². The molecule has 1 aromatic rings. The summed E-state index contributed by atoms with van der Waals surface area (Å²) in [6.45, 7) is 4.32. The molecule has 0 aliphatic rings. The van der Waals surface area contributed by atoms with Gasteiger partial charge < -0.3 is 5.73 Å². The topological polar surface area (TPSA) is 56.7 Å². The molecule has 0 aliphatic heterocycles. The molecule has 6 heteroatoms. The zero-order chi connectivity index (χ0) is 10.7. The quantitative estimate of drug-likeness (QED) is 0.911. The highest BCUT2D eigenvalue weighted by atomic mass is 79.9. The fourth-order valence-corrected chi connectivity index (χ4v) is 2.48. The monoisotopic (exact) mass is 278 g/mol. The van der Waals surface area contributed by atoms with Gasteiger partial charge in [-0.25, -0.2) is 4.68 Å². The average Bonchev–Trinajstić information content (AvgIpc) is 2.42. The number of hydrogen-bond acceptors (Lipinski definition) is 4. The Hall–Kier alpha value is -0.0700. The van der Waals surface area contributed by atoms with Gasteiger partial charge in [-0.1, -0.05) is 19.1 Å². The first-order chi connectivity index (χ1) is 6.52. The lowest BCUT2D eigenvalue weighted by molar-refractivity contribution is 0.640. The number of hydrogen-bond donors (Lipinski definition) is 1. The smallest absolute Gasteiger partial charge is 0.153 e. The molecule has 1 unspecified atom stereocenters. The summed E-state index contributed by atoms with van der Waals surface area (Å²) in [4.78, 5) is 0. The number of nitrogens with two attached hydrogens (primary N) is 1. The van der Waals surface area contributed by atoms with Gasteiger partial charge in [-0.05, 0) is 21.2 Å². The third kappa shape index (κ3) is 2.96. The van der Waals surface area contributed by atoms with Gasteiger partial charge in [-0.3, -0.25) is 0 Å². The second-order valence-electron chi connectivity index (χ2n) is 3.38. The lowest BCUT2D eigenvalue weighted by Gasteiger charge is -2.12. The highest BCUT2D eigenvalue weighted by Crippen LogP contribution is 2.23. The van der Waals surface area contributed by atoms with E-state index in [1.807, 2.05) is 18.8 Å².